The number of rotatable bonds is 5. The maximum Gasteiger partial charge on any atom is 0.307 e. The summed E-state index contributed by atoms with van der Waals surface area (Å²) in [6.45, 7) is 3.14. The maximum absolute atomic E-state index is 12.2. The first-order chi connectivity index (χ1) is 8.16. The van der Waals surface area contributed by atoms with Crippen LogP contribution in [0.25, 0.3) is 0 Å². The van der Waals surface area contributed by atoms with Crippen LogP contribution >= 0.6 is 27.3 Å². The van der Waals surface area contributed by atoms with Crippen LogP contribution in [0.4, 0.5) is 0 Å². The van der Waals surface area contributed by atoms with Crippen molar-refractivity contribution < 1.29 is 18.3 Å². The lowest BCUT2D eigenvalue weighted by Crippen LogP contribution is -2.33. The number of aliphatic carboxylic acids is 1. The van der Waals surface area contributed by atoms with Gasteiger partial charge in [-0.15, -0.1) is 11.3 Å². The van der Waals surface area contributed by atoms with E-state index in [1.54, 1.807) is 6.92 Å². The lowest BCUT2D eigenvalue weighted by Gasteiger charge is -2.19. The van der Waals surface area contributed by atoms with Gasteiger partial charge in [-0.05, 0) is 28.9 Å². The van der Waals surface area contributed by atoms with E-state index in [0.29, 0.717) is 4.88 Å². The zero-order chi connectivity index (χ0) is 14.1. The summed E-state index contributed by atoms with van der Waals surface area (Å²) >= 11 is 4.57. The van der Waals surface area contributed by atoms with Crippen molar-refractivity contribution in [1.29, 1.82) is 0 Å². The van der Waals surface area contributed by atoms with Gasteiger partial charge in [-0.2, -0.15) is 0 Å². The predicted molar refractivity (Wildman–Crippen MR) is 73.4 cm³/mol. The van der Waals surface area contributed by atoms with Crippen LogP contribution in [0.5, 0.6) is 0 Å². The first kappa shape index (κ1) is 15.6. The molecule has 1 rings (SSSR count). The SMILES string of the molecule is Cc1sc(Br)cc1S(=O)(=O)N(C)CC(C)C(=O)O. The van der Waals surface area contributed by atoms with Gasteiger partial charge in [0.15, 0.2) is 0 Å². The fourth-order valence-electron chi connectivity index (χ4n) is 1.42. The minimum atomic E-state index is -3.63. The molecule has 1 aromatic rings. The fraction of sp³-hybridized carbons (Fsp3) is 0.500. The van der Waals surface area contributed by atoms with Crippen molar-refractivity contribution in [2.45, 2.75) is 18.7 Å². The molecular formula is C10H14BrNO4S2. The van der Waals surface area contributed by atoms with E-state index in [0.717, 1.165) is 8.09 Å². The molecule has 0 fully saturated rings. The van der Waals surface area contributed by atoms with E-state index in [1.807, 2.05) is 0 Å². The van der Waals surface area contributed by atoms with E-state index in [-0.39, 0.29) is 11.4 Å². The Morgan fingerprint density at radius 3 is 2.56 bits per heavy atom. The molecule has 102 valence electrons. The highest BCUT2D eigenvalue weighted by atomic mass is 79.9. The van der Waals surface area contributed by atoms with Crippen LogP contribution in [0.1, 0.15) is 11.8 Å². The van der Waals surface area contributed by atoms with Crippen molar-refractivity contribution >= 4 is 43.3 Å². The van der Waals surface area contributed by atoms with Crippen molar-refractivity contribution in [3.8, 4) is 0 Å². The third-order valence-corrected chi connectivity index (χ3v) is 6.12. The number of thiophene rings is 1. The van der Waals surface area contributed by atoms with Gasteiger partial charge in [0.05, 0.1) is 14.6 Å². The third kappa shape index (κ3) is 3.31. The van der Waals surface area contributed by atoms with E-state index < -0.39 is 21.9 Å². The van der Waals surface area contributed by atoms with E-state index in [4.69, 9.17) is 5.11 Å². The molecule has 0 aliphatic heterocycles. The Balaban J connectivity index is 3.00. The van der Waals surface area contributed by atoms with Crippen LogP contribution in [0.3, 0.4) is 0 Å². The first-order valence-corrected chi connectivity index (χ1v) is 8.16. The molecule has 1 atom stereocenters. The van der Waals surface area contributed by atoms with Crippen molar-refractivity contribution in [3.63, 3.8) is 0 Å². The zero-order valence-corrected chi connectivity index (χ0v) is 13.4. The number of nitrogens with zero attached hydrogens (tertiary/aromatic N) is 1. The summed E-state index contributed by atoms with van der Waals surface area (Å²) in [5.41, 5.74) is 0. The average molecular weight is 356 g/mol. The summed E-state index contributed by atoms with van der Waals surface area (Å²) < 4.78 is 26.3. The van der Waals surface area contributed by atoms with Crippen LogP contribution < -0.4 is 0 Å². The Morgan fingerprint density at radius 2 is 2.17 bits per heavy atom. The highest BCUT2D eigenvalue weighted by Crippen LogP contribution is 2.31. The van der Waals surface area contributed by atoms with Gasteiger partial charge in [-0.25, -0.2) is 12.7 Å². The van der Waals surface area contributed by atoms with Gasteiger partial charge in [-0.3, -0.25) is 4.79 Å². The van der Waals surface area contributed by atoms with Crippen molar-refractivity contribution in [2.75, 3.05) is 13.6 Å². The van der Waals surface area contributed by atoms with Crippen LogP contribution in [0.15, 0.2) is 14.7 Å². The standard InChI is InChI=1S/C10H14BrNO4S2/c1-6(10(13)14)5-12(3)18(15,16)8-4-9(11)17-7(8)2/h4,6H,5H2,1-3H3,(H,13,14). The predicted octanol–water partition coefficient (Wildman–Crippen LogP) is 2.16. The van der Waals surface area contributed by atoms with Gasteiger partial charge >= 0.3 is 5.97 Å². The lowest BCUT2D eigenvalue weighted by molar-refractivity contribution is -0.141. The zero-order valence-electron chi connectivity index (χ0n) is 10.2. The Hall–Kier alpha value is -0.440. The minimum Gasteiger partial charge on any atom is -0.481 e. The maximum atomic E-state index is 12.2. The van der Waals surface area contributed by atoms with E-state index in [9.17, 15) is 13.2 Å². The Morgan fingerprint density at radius 1 is 1.61 bits per heavy atom. The van der Waals surface area contributed by atoms with Crippen LogP contribution in [0, 0.1) is 12.8 Å². The van der Waals surface area contributed by atoms with Gasteiger partial charge in [-0.1, -0.05) is 6.92 Å². The van der Waals surface area contributed by atoms with Crippen molar-refractivity contribution in [1.82, 2.24) is 4.31 Å². The normalized spacial score (nSPS) is 13.8. The highest BCUT2D eigenvalue weighted by molar-refractivity contribution is 9.11. The number of carbonyl (C=O) groups is 1. The summed E-state index contributed by atoms with van der Waals surface area (Å²) in [5.74, 6) is -1.76. The summed E-state index contributed by atoms with van der Waals surface area (Å²) in [6, 6.07) is 1.54. The molecule has 18 heavy (non-hydrogen) atoms. The summed E-state index contributed by atoms with van der Waals surface area (Å²) in [5, 5.41) is 8.80. The fourth-order valence-corrected chi connectivity index (χ4v) is 5.06. The molecule has 1 heterocycles. The third-order valence-electron chi connectivity index (χ3n) is 2.48. The summed E-state index contributed by atoms with van der Waals surface area (Å²) in [7, 11) is -2.24. The number of aryl methyl sites for hydroxylation is 1. The molecule has 0 radical (unpaired) electrons. The molecule has 1 N–H and O–H groups in total. The summed E-state index contributed by atoms with van der Waals surface area (Å²) in [6.07, 6.45) is 0. The van der Waals surface area contributed by atoms with E-state index >= 15 is 0 Å². The molecule has 0 saturated heterocycles. The number of carboxylic acids is 1. The number of hydrogen-bond donors (Lipinski definition) is 1. The minimum absolute atomic E-state index is 0.0510. The van der Waals surface area contributed by atoms with Gasteiger partial charge in [0, 0.05) is 18.5 Å². The molecular weight excluding hydrogens is 342 g/mol. The van der Waals surface area contributed by atoms with Crippen molar-refractivity contribution in [2.24, 2.45) is 5.92 Å². The summed E-state index contributed by atoms with van der Waals surface area (Å²) in [4.78, 5) is 11.6. The van der Waals surface area contributed by atoms with Gasteiger partial charge in [0.1, 0.15) is 0 Å². The van der Waals surface area contributed by atoms with E-state index in [2.05, 4.69) is 15.9 Å². The van der Waals surface area contributed by atoms with Crippen molar-refractivity contribution in [3.05, 3.63) is 14.7 Å². The molecule has 5 nitrogen and oxygen atoms in total. The second-order valence-electron chi connectivity index (χ2n) is 4.00. The van der Waals surface area contributed by atoms with Crippen LogP contribution in [0.2, 0.25) is 0 Å². The van der Waals surface area contributed by atoms with Gasteiger partial charge in [0.25, 0.3) is 0 Å². The molecule has 0 aliphatic carbocycles. The molecule has 0 bridgehead atoms. The number of sulfonamides is 1. The molecule has 0 saturated carbocycles. The second-order valence-corrected chi connectivity index (χ2v) is 8.64. The molecule has 0 aromatic carbocycles. The molecule has 0 aliphatic rings. The topological polar surface area (TPSA) is 74.7 Å². The highest BCUT2D eigenvalue weighted by Gasteiger charge is 2.27. The number of halogens is 1. The monoisotopic (exact) mass is 355 g/mol. The lowest BCUT2D eigenvalue weighted by atomic mass is 10.2. The van der Waals surface area contributed by atoms with Crippen LogP contribution in [-0.4, -0.2) is 37.4 Å². The molecule has 0 amide bonds. The average Bonchev–Trinajstić information content (AvgIpc) is 2.57. The largest absolute Gasteiger partial charge is 0.481 e. The molecule has 1 aromatic heterocycles. The quantitative estimate of drug-likeness (QED) is 0.877. The molecule has 0 spiro atoms. The molecule has 8 heteroatoms. The smallest absolute Gasteiger partial charge is 0.307 e. The van der Waals surface area contributed by atoms with E-state index in [1.165, 1.54) is 31.4 Å². The number of carboxylic acid groups (broad SMARTS) is 1. The van der Waals surface area contributed by atoms with Crippen LogP contribution in [-0.2, 0) is 14.8 Å². The Bertz CT molecular complexity index is 552. The van der Waals surface area contributed by atoms with Gasteiger partial charge in [0.2, 0.25) is 10.0 Å². The second kappa shape index (κ2) is 5.68. The first-order valence-electron chi connectivity index (χ1n) is 5.11. The Labute approximate surface area is 119 Å². The van der Waals surface area contributed by atoms with Gasteiger partial charge < -0.3 is 5.11 Å². The molecule has 1 unspecified atom stereocenters. The number of hydrogen-bond acceptors (Lipinski definition) is 4. The Kier molecular flexibility index (Phi) is 4.93.